The standard InChI is InChI=1S/C12H20N2O4S2.C7H8O3S/c1-3-5-17-11(15)9(13)7-19-20-8-10(14)12(16)18-6-4-2;1-6-2-4-7(5-3-6)11(8,9)10/h3-4,9-10H,1-2,5-8,13-14H2;2-5H,1H3,(H,8,9,10)/t9-,10?;/m0./s1. The molecule has 0 aliphatic heterocycles. The van der Waals surface area contributed by atoms with Crippen molar-refractivity contribution in [3.8, 4) is 0 Å². The molecule has 0 heterocycles. The van der Waals surface area contributed by atoms with Crippen molar-refractivity contribution in [3.63, 3.8) is 0 Å². The second kappa shape index (κ2) is 15.9. The Morgan fingerprint density at radius 2 is 1.39 bits per heavy atom. The lowest BCUT2D eigenvalue weighted by molar-refractivity contribution is -0.144. The predicted molar refractivity (Wildman–Crippen MR) is 124 cm³/mol. The van der Waals surface area contributed by atoms with Gasteiger partial charge in [0.15, 0.2) is 0 Å². The molecule has 0 saturated carbocycles. The van der Waals surface area contributed by atoms with Crippen molar-refractivity contribution in [2.75, 3.05) is 24.7 Å². The maximum atomic E-state index is 11.3. The van der Waals surface area contributed by atoms with E-state index in [1.54, 1.807) is 12.1 Å². The van der Waals surface area contributed by atoms with Gasteiger partial charge in [0.1, 0.15) is 25.3 Å². The molecule has 9 nitrogen and oxygen atoms in total. The molecule has 12 heteroatoms. The fourth-order valence-corrected chi connectivity index (χ4v) is 4.28. The summed E-state index contributed by atoms with van der Waals surface area (Å²) in [5, 5.41) is 0. The monoisotopic (exact) mass is 492 g/mol. The van der Waals surface area contributed by atoms with Gasteiger partial charge in [0.05, 0.1) is 4.90 Å². The SMILES string of the molecule is C=CCOC(=O)C(N)CSSC[C@H](N)C(=O)OCC=C.Cc1ccc(S(=O)(=O)O)cc1. The third-order valence-electron chi connectivity index (χ3n) is 3.19. The summed E-state index contributed by atoms with van der Waals surface area (Å²) in [5.74, 6) is -0.218. The van der Waals surface area contributed by atoms with Gasteiger partial charge in [0.2, 0.25) is 0 Å². The molecular weight excluding hydrogens is 464 g/mol. The minimum Gasteiger partial charge on any atom is -0.460 e. The number of hydrogen-bond donors (Lipinski definition) is 3. The molecule has 0 bridgehead atoms. The molecular formula is C19H28N2O7S3. The molecule has 0 radical (unpaired) electrons. The van der Waals surface area contributed by atoms with Crippen LogP contribution in [0.25, 0.3) is 0 Å². The number of ether oxygens (including phenoxy) is 2. The van der Waals surface area contributed by atoms with Gasteiger partial charge in [0.25, 0.3) is 10.1 Å². The zero-order valence-electron chi connectivity index (χ0n) is 17.1. The average Bonchev–Trinajstić information content (AvgIpc) is 2.72. The lowest BCUT2D eigenvalue weighted by Gasteiger charge is -2.11. The summed E-state index contributed by atoms with van der Waals surface area (Å²) < 4.78 is 39.2. The van der Waals surface area contributed by atoms with Crippen LogP contribution >= 0.6 is 21.6 Å². The maximum absolute atomic E-state index is 11.3. The number of esters is 2. The molecule has 2 atom stereocenters. The van der Waals surface area contributed by atoms with Crippen LogP contribution in [0.4, 0.5) is 0 Å². The Morgan fingerprint density at radius 1 is 1.00 bits per heavy atom. The van der Waals surface area contributed by atoms with Crippen LogP contribution in [0.2, 0.25) is 0 Å². The fourth-order valence-electron chi connectivity index (χ4n) is 1.59. The Balaban J connectivity index is 0.000000683. The Bertz CT molecular complexity index is 782. The molecule has 174 valence electrons. The molecule has 0 fully saturated rings. The first-order valence-corrected chi connectivity index (χ1v) is 12.8. The summed E-state index contributed by atoms with van der Waals surface area (Å²) in [5.41, 5.74) is 12.2. The number of nitrogens with two attached hydrogens (primary N) is 2. The van der Waals surface area contributed by atoms with Gasteiger partial charge < -0.3 is 20.9 Å². The highest BCUT2D eigenvalue weighted by atomic mass is 33.1. The molecule has 1 rings (SSSR count). The van der Waals surface area contributed by atoms with Crippen LogP contribution in [0.3, 0.4) is 0 Å². The van der Waals surface area contributed by atoms with Gasteiger partial charge in [-0.05, 0) is 19.1 Å². The second-order valence-corrected chi connectivity index (χ2v) is 9.88. The zero-order chi connectivity index (χ0) is 23.9. The van der Waals surface area contributed by atoms with E-state index in [0.29, 0.717) is 11.5 Å². The average molecular weight is 493 g/mol. The molecule has 1 aromatic rings. The molecule has 1 unspecified atom stereocenters. The molecule has 0 aromatic heterocycles. The Kier molecular flexibility index (Phi) is 15.0. The van der Waals surface area contributed by atoms with Crippen LogP contribution in [0.5, 0.6) is 0 Å². The zero-order valence-corrected chi connectivity index (χ0v) is 19.6. The summed E-state index contributed by atoms with van der Waals surface area (Å²) in [6.07, 6.45) is 2.95. The number of hydrogen-bond acceptors (Lipinski definition) is 10. The highest BCUT2D eigenvalue weighted by molar-refractivity contribution is 8.76. The fraction of sp³-hybridized carbons (Fsp3) is 0.368. The van der Waals surface area contributed by atoms with Crippen LogP contribution in [0.15, 0.2) is 54.5 Å². The normalized spacial score (nSPS) is 12.5. The van der Waals surface area contributed by atoms with E-state index in [1.165, 1.54) is 45.9 Å². The Hall–Kier alpha value is -1.83. The molecule has 31 heavy (non-hydrogen) atoms. The number of carbonyl (C=O) groups excluding carboxylic acids is 2. The highest BCUT2D eigenvalue weighted by Crippen LogP contribution is 2.22. The van der Waals surface area contributed by atoms with E-state index in [-0.39, 0.29) is 18.1 Å². The van der Waals surface area contributed by atoms with Crippen molar-refractivity contribution in [1.29, 1.82) is 0 Å². The van der Waals surface area contributed by atoms with Gasteiger partial charge >= 0.3 is 11.9 Å². The quantitative estimate of drug-likeness (QED) is 0.128. The summed E-state index contributed by atoms with van der Waals surface area (Å²) in [7, 11) is -1.32. The first-order chi connectivity index (χ1) is 14.5. The van der Waals surface area contributed by atoms with Crippen molar-refractivity contribution in [2.24, 2.45) is 11.5 Å². The number of benzene rings is 1. The van der Waals surface area contributed by atoms with Gasteiger partial charge in [-0.25, -0.2) is 0 Å². The van der Waals surface area contributed by atoms with Gasteiger partial charge in [0, 0.05) is 11.5 Å². The van der Waals surface area contributed by atoms with Crippen LogP contribution in [0.1, 0.15) is 5.56 Å². The van der Waals surface area contributed by atoms with E-state index >= 15 is 0 Å². The van der Waals surface area contributed by atoms with Gasteiger partial charge in [-0.15, -0.1) is 0 Å². The van der Waals surface area contributed by atoms with Crippen LogP contribution in [0, 0.1) is 6.92 Å². The topological polar surface area (TPSA) is 159 Å². The lowest BCUT2D eigenvalue weighted by Crippen LogP contribution is -2.35. The summed E-state index contributed by atoms with van der Waals surface area (Å²) in [4.78, 5) is 22.6. The molecule has 5 N–H and O–H groups in total. The van der Waals surface area contributed by atoms with Gasteiger partial charge in [-0.1, -0.05) is 64.6 Å². The van der Waals surface area contributed by atoms with E-state index in [0.717, 1.165) is 5.56 Å². The lowest BCUT2D eigenvalue weighted by atomic mass is 10.2. The summed E-state index contributed by atoms with van der Waals surface area (Å²) >= 11 is 0. The first kappa shape index (κ1) is 29.2. The number of carbonyl (C=O) groups is 2. The van der Waals surface area contributed by atoms with E-state index in [9.17, 15) is 18.0 Å². The predicted octanol–water partition coefficient (Wildman–Crippen LogP) is 1.72. The third kappa shape index (κ3) is 14.0. The third-order valence-corrected chi connectivity index (χ3v) is 6.53. The first-order valence-electron chi connectivity index (χ1n) is 8.87. The van der Waals surface area contributed by atoms with Crippen molar-refractivity contribution >= 4 is 43.6 Å². The van der Waals surface area contributed by atoms with E-state index in [2.05, 4.69) is 13.2 Å². The summed E-state index contributed by atoms with van der Waals surface area (Å²) in [6.45, 7) is 8.99. The van der Waals surface area contributed by atoms with Crippen molar-refractivity contribution < 1.29 is 32.0 Å². The molecule has 0 aliphatic carbocycles. The van der Waals surface area contributed by atoms with Crippen LogP contribution in [-0.2, 0) is 29.2 Å². The molecule has 0 saturated heterocycles. The van der Waals surface area contributed by atoms with Gasteiger partial charge in [-0.3, -0.25) is 14.1 Å². The van der Waals surface area contributed by atoms with Gasteiger partial charge in [-0.2, -0.15) is 8.42 Å². The smallest absolute Gasteiger partial charge is 0.324 e. The van der Waals surface area contributed by atoms with E-state index < -0.39 is 34.1 Å². The van der Waals surface area contributed by atoms with E-state index in [4.69, 9.17) is 25.5 Å². The second-order valence-electron chi connectivity index (χ2n) is 5.91. The van der Waals surface area contributed by atoms with E-state index in [1.807, 2.05) is 6.92 Å². The minimum absolute atomic E-state index is 0.0666. The molecule has 0 spiro atoms. The molecule has 1 aromatic carbocycles. The number of aryl methyl sites for hydroxylation is 1. The van der Waals surface area contributed by atoms with Crippen LogP contribution < -0.4 is 11.5 Å². The maximum Gasteiger partial charge on any atom is 0.324 e. The van der Waals surface area contributed by atoms with Crippen molar-refractivity contribution in [3.05, 3.63) is 55.1 Å². The summed E-state index contributed by atoms with van der Waals surface area (Å²) in [6, 6.07) is 4.56. The van der Waals surface area contributed by atoms with Crippen molar-refractivity contribution in [1.82, 2.24) is 0 Å². The van der Waals surface area contributed by atoms with Crippen LogP contribution in [-0.4, -0.2) is 61.7 Å². The Morgan fingerprint density at radius 3 is 1.71 bits per heavy atom. The highest BCUT2D eigenvalue weighted by Gasteiger charge is 2.17. The Labute approximate surface area is 190 Å². The minimum atomic E-state index is -4.02. The van der Waals surface area contributed by atoms with Crippen molar-refractivity contribution in [2.45, 2.75) is 23.9 Å². The number of rotatable bonds is 12. The largest absolute Gasteiger partial charge is 0.460 e. The molecule has 0 amide bonds. The molecule has 0 aliphatic rings.